The Morgan fingerprint density at radius 3 is 2.73 bits per heavy atom. The molecule has 4 rings (SSSR count). The number of hydrogen-bond donors (Lipinski definition) is 1. The van der Waals surface area contributed by atoms with Crippen molar-refractivity contribution in [2.45, 2.75) is 64.8 Å². The minimum atomic E-state index is -0.376. The molecule has 1 aromatic heterocycles. The summed E-state index contributed by atoms with van der Waals surface area (Å²) in [6.45, 7) is 3.34. The number of ether oxygens (including phenoxy) is 1. The first-order valence-electron chi connectivity index (χ1n) is 12.0. The molecule has 0 unspecified atom stereocenters. The summed E-state index contributed by atoms with van der Waals surface area (Å²) in [6, 6.07) is 9.47. The van der Waals surface area contributed by atoms with Crippen LogP contribution in [-0.2, 0) is 32.1 Å². The Morgan fingerprint density at radius 2 is 1.94 bits per heavy atom. The lowest BCUT2D eigenvalue weighted by atomic mass is 9.88. The Hall–Kier alpha value is -3.09. The van der Waals surface area contributed by atoms with Crippen molar-refractivity contribution in [3.63, 3.8) is 0 Å². The third-order valence-corrected chi connectivity index (χ3v) is 6.43. The average Bonchev–Trinajstić information content (AvgIpc) is 3.27. The van der Waals surface area contributed by atoms with Gasteiger partial charge in [-0.3, -0.25) is 14.4 Å². The summed E-state index contributed by atoms with van der Waals surface area (Å²) >= 11 is 0. The van der Waals surface area contributed by atoms with E-state index in [1.54, 1.807) is 13.0 Å². The number of rotatable bonds is 7. The fraction of sp³-hybridized carbons (Fsp3) is 0.500. The van der Waals surface area contributed by atoms with Crippen molar-refractivity contribution in [2.24, 2.45) is 5.92 Å². The van der Waals surface area contributed by atoms with E-state index in [9.17, 15) is 14.4 Å². The molecule has 33 heavy (non-hydrogen) atoms. The van der Waals surface area contributed by atoms with Crippen molar-refractivity contribution in [1.29, 1.82) is 0 Å². The first-order valence-corrected chi connectivity index (χ1v) is 12.0. The number of hydrogen-bond acceptors (Lipinski definition) is 5. The van der Waals surface area contributed by atoms with Gasteiger partial charge in [0, 0.05) is 48.7 Å². The zero-order valence-corrected chi connectivity index (χ0v) is 19.2. The monoisotopic (exact) mass is 452 g/mol. The highest BCUT2D eigenvalue weighted by molar-refractivity contribution is 5.93. The van der Waals surface area contributed by atoms with Crippen LogP contribution in [-0.4, -0.2) is 35.8 Å². The van der Waals surface area contributed by atoms with Crippen molar-refractivity contribution in [2.75, 3.05) is 18.5 Å². The van der Waals surface area contributed by atoms with Crippen LogP contribution < -0.4 is 5.32 Å². The van der Waals surface area contributed by atoms with Crippen molar-refractivity contribution >= 4 is 23.5 Å². The van der Waals surface area contributed by atoms with E-state index in [4.69, 9.17) is 9.15 Å². The first-order chi connectivity index (χ1) is 16.0. The van der Waals surface area contributed by atoms with Gasteiger partial charge in [0.05, 0.1) is 13.0 Å². The van der Waals surface area contributed by atoms with E-state index in [1.165, 1.54) is 6.42 Å². The third-order valence-electron chi connectivity index (χ3n) is 6.43. The molecule has 0 saturated heterocycles. The molecule has 2 aliphatic rings. The van der Waals surface area contributed by atoms with Crippen molar-refractivity contribution in [3.8, 4) is 11.3 Å². The molecule has 1 aliphatic heterocycles. The molecule has 176 valence electrons. The molecule has 0 radical (unpaired) electrons. The molecule has 0 spiro atoms. The molecule has 1 saturated carbocycles. The van der Waals surface area contributed by atoms with E-state index in [0.717, 1.165) is 54.8 Å². The minimum Gasteiger partial charge on any atom is -0.466 e. The van der Waals surface area contributed by atoms with Gasteiger partial charge in [-0.2, -0.15) is 0 Å². The number of benzene rings is 1. The number of nitrogens with one attached hydrogen (secondary N) is 1. The summed E-state index contributed by atoms with van der Waals surface area (Å²) in [4.78, 5) is 38.6. The lowest BCUT2D eigenvalue weighted by molar-refractivity contribution is -0.144. The SMILES string of the molecule is CCOC(=O)CCC(=O)Nc1cccc(-c2cc3c(o2)CCN(C(=O)C2CCCCC2)C3)c1. The van der Waals surface area contributed by atoms with Crippen LogP contribution in [0.15, 0.2) is 34.7 Å². The summed E-state index contributed by atoms with van der Waals surface area (Å²) in [7, 11) is 0. The van der Waals surface area contributed by atoms with Crippen LogP contribution in [0.1, 0.15) is 63.2 Å². The van der Waals surface area contributed by atoms with Crippen LogP contribution in [0.25, 0.3) is 11.3 Å². The fourth-order valence-electron chi connectivity index (χ4n) is 4.69. The van der Waals surface area contributed by atoms with Gasteiger partial charge in [0.15, 0.2) is 0 Å². The maximum absolute atomic E-state index is 12.9. The number of amides is 2. The Labute approximate surface area is 194 Å². The number of carbonyl (C=O) groups is 3. The van der Waals surface area contributed by atoms with Gasteiger partial charge in [-0.15, -0.1) is 0 Å². The normalized spacial score (nSPS) is 16.2. The van der Waals surface area contributed by atoms with E-state index in [1.807, 2.05) is 29.2 Å². The zero-order valence-electron chi connectivity index (χ0n) is 19.2. The minimum absolute atomic E-state index is 0.0559. The Bertz CT molecular complexity index is 1010. The highest BCUT2D eigenvalue weighted by Gasteiger charge is 2.30. The van der Waals surface area contributed by atoms with Gasteiger partial charge in [0.1, 0.15) is 11.5 Å². The zero-order chi connectivity index (χ0) is 23.2. The van der Waals surface area contributed by atoms with Crippen LogP contribution in [0.2, 0.25) is 0 Å². The molecule has 2 amide bonds. The van der Waals surface area contributed by atoms with E-state index in [-0.39, 0.29) is 36.5 Å². The van der Waals surface area contributed by atoms with Crippen molar-refractivity contribution < 1.29 is 23.5 Å². The number of nitrogens with zero attached hydrogens (tertiary/aromatic N) is 1. The molecule has 7 heteroatoms. The molecule has 2 aromatic rings. The summed E-state index contributed by atoms with van der Waals surface area (Å²) in [5.41, 5.74) is 2.56. The van der Waals surface area contributed by atoms with Gasteiger partial charge in [-0.25, -0.2) is 0 Å². The van der Waals surface area contributed by atoms with Gasteiger partial charge >= 0.3 is 5.97 Å². The second-order valence-electron chi connectivity index (χ2n) is 8.84. The molecule has 7 nitrogen and oxygen atoms in total. The maximum atomic E-state index is 12.9. The average molecular weight is 453 g/mol. The lowest BCUT2D eigenvalue weighted by Gasteiger charge is -2.31. The molecule has 0 atom stereocenters. The molecular weight excluding hydrogens is 420 g/mol. The number of fused-ring (bicyclic) bond motifs is 1. The molecule has 2 heterocycles. The van der Waals surface area contributed by atoms with Gasteiger partial charge in [-0.1, -0.05) is 31.4 Å². The molecule has 1 N–H and O–H groups in total. The summed E-state index contributed by atoms with van der Waals surface area (Å²) in [6.07, 6.45) is 6.42. The smallest absolute Gasteiger partial charge is 0.306 e. The highest BCUT2D eigenvalue weighted by Crippen LogP contribution is 2.33. The Morgan fingerprint density at radius 1 is 1.12 bits per heavy atom. The highest BCUT2D eigenvalue weighted by atomic mass is 16.5. The summed E-state index contributed by atoms with van der Waals surface area (Å²) in [5.74, 6) is 1.51. The predicted molar refractivity (Wildman–Crippen MR) is 124 cm³/mol. The third kappa shape index (κ3) is 5.83. The first kappa shape index (κ1) is 23.1. The van der Waals surface area contributed by atoms with Gasteiger partial charge < -0.3 is 19.4 Å². The molecular formula is C26H32N2O5. The number of carbonyl (C=O) groups excluding carboxylic acids is 3. The number of anilines is 1. The largest absolute Gasteiger partial charge is 0.466 e. The Balaban J connectivity index is 1.39. The fourth-order valence-corrected chi connectivity index (χ4v) is 4.69. The molecule has 1 fully saturated rings. The lowest BCUT2D eigenvalue weighted by Crippen LogP contribution is -2.40. The van der Waals surface area contributed by atoms with E-state index >= 15 is 0 Å². The summed E-state index contributed by atoms with van der Waals surface area (Å²) in [5, 5.41) is 2.83. The van der Waals surface area contributed by atoms with Gasteiger partial charge in [0.2, 0.25) is 11.8 Å². The van der Waals surface area contributed by atoms with Crippen LogP contribution in [0, 0.1) is 5.92 Å². The number of furan rings is 1. The second-order valence-corrected chi connectivity index (χ2v) is 8.84. The van der Waals surface area contributed by atoms with Gasteiger partial charge in [-0.05, 0) is 38.0 Å². The van der Waals surface area contributed by atoms with Crippen LogP contribution >= 0.6 is 0 Å². The van der Waals surface area contributed by atoms with Gasteiger partial charge in [0.25, 0.3) is 0 Å². The van der Waals surface area contributed by atoms with E-state index < -0.39 is 0 Å². The molecule has 1 aliphatic carbocycles. The van der Waals surface area contributed by atoms with E-state index in [2.05, 4.69) is 5.32 Å². The van der Waals surface area contributed by atoms with Crippen LogP contribution in [0.3, 0.4) is 0 Å². The Kier molecular flexibility index (Phi) is 7.47. The van der Waals surface area contributed by atoms with Crippen LogP contribution in [0.5, 0.6) is 0 Å². The van der Waals surface area contributed by atoms with Crippen molar-refractivity contribution in [3.05, 3.63) is 41.7 Å². The number of esters is 1. The van der Waals surface area contributed by atoms with Crippen molar-refractivity contribution in [1.82, 2.24) is 4.90 Å². The quantitative estimate of drug-likeness (QED) is 0.616. The second kappa shape index (κ2) is 10.7. The van der Waals surface area contributed by atoms with Crippen LogP contribution in [0.4, 0.5) is 5.69 Å². The standard InChI is InChI=1S/C26H32N2O5/c1-2-32-25(30)12-11-24(29)27-21-10-6-9-19(15-21)23-16-20-17-28(14-13-22(20)33-23)26(31)18-7-4-3-5-8-18/h6,9-10,15-16,18H,2-5,7-8,11-14,17H2,1H3,(H,27,29). The predicted octanol–water partition coefficient (Wildman–Crippen LogP) is 4.69. The maximum Gasteiger partial charge on any atom is 0.306 e. The topological polar surface area (TPSA) is 88.8 Å². The summed E-state index contributed by atoms with van der Waals surface area (Å²) < 4.78 is 11.0. The molecule has 1 aromatic carbocycles. The molecule has 0 bridgehead atoms. The van der Waals surface area contributed by atoms with E-state index in [0.29, 0.717) is 25.4 Å².